The van der Waals surface area contributed by atoms with Crippen LogP contribution in [0.1, 0.15) is 54.1 Å². The van der Waals surface area contributed by atoms with Crippen LogP contribution in [-0.4, -0.2) is 19.3 Å². The maximum absolute atomic E-state index is 12.4. The number of imidazole rings is 1. The lowest BCUT2D eigenvalue weighted by molar-refractivity contribution is 0.795. The van der Waals surface area contributed by atoms with Crippen molar-refractivity contribution in [2.45, 2.75) is 45.6 Å². The molecule has 2 aromatic heterocycles. The lowest BCUT2D eigenvalue weighted by Crippen LogP contribution is -2.19. The highest BCUT2D eigenvalue weighted by Gasteiger charge is 2.26. The van der Waals surface area contributed by atoms with Crippen molar-refractivity contribution in [2.24, 2.45) is 14.1 Å². The van der Waals surface area contributed by atoms with Crippen molar-refractivity contribution in [1.82, 2.24) is 19.3 Å². The van der Waals surface area contributed by atoms with Crippen molar-refractivity contribution in [3.63, 3.8) is 0 Å². The first-order chi connectivity index (χ1) is 14.4. The molecule has 0 saturated heterocycles. The average Bonchev–Trinajstić information content (AvgIpc) is 3.55. The van der Waals surface area contributed by atoms with Crippen molar-refractivity contribution in [3.05, 3.63) is 63.2 Å². The first-order valence-corrected chi connectivity index (χ1v) is 10.5. The smallest absolute Gasteiger partial charge is 0.328 e. The van der Waals surface area contributed by atoms with E-state index in [0.717, 1.165) is 39.2 Å². The number of aryl methyl sites for hydroxylation is 3. The highest BCUT2D eigenvalue weighted by atomic mass is 16.1. The van der Waals surface area contributed by atoms with E-state index in [9.17, 15) is 4.79 Å². The molecule has 1 saturated carbocycles. The molecular weight excluding hydrogens is 374 g/mol. The van der Waals surface area contributed by atoms with Crippen LogP contribution in [0.25, 0.3) is 21.8 Å². The van der Waals surface area contributed by atoms with Crippen molar-refractivity contribution in [3.8, 4) is 0 Å². The molecule has 1 fully saturated rings. The largest absolute Gasteiger partial charge is 0.362 e. The summed E-state index contributed by atoms with van der Waals surface area (Å²) in [5.41, 5.74) is 6.76. The second-order valence-electron chi connectivity index (χ2n) is 8.62. The molecule has 1 atom stereocenters. The van der Waals surface area contributed by atoms with E-state index in [1.54, 1.807) is 23.2 Å². The van der Waals surface area contributed by atoms with E-state index >= 15 is 0 Å². The Kier molecular flexibility index (Phi) is 4.20. The quantitative estimate of drug-likeness (QED) is 0.547. The summed E-state index contributed by atoms with van der Waals surface area (Å²) in [6, 6.07) is 10.8. The normalized spacial score (nSPS) is 15.1. The number of nitrogens with one attached hydrogen (secondary N) is 1. The number of nitrogens with zero attached hydrogens (tertiary/aromatic N) is 4. The lowest BCUT2D eigenvalue weighted by Gasteiger charge is -2.20. The van der Waals surface area contributed by atoms with Gasteiger partial charge in [-0.25, -0.2) is 4.79 Å². The Labute approximate surface area is 175 Å². The third-order valence-electron chi connectivity index (χ3n) is 6.61. The predicted octanol–water partition coefficient (Wildman–Crippen LogP) is 4.49. The highest BCUT2D eigenvalue weighted by molar-refractivity contribution is 6.01. The fourth-order valence-electron chi connectivity index (χ4n) is 4.64. The molecule has 0 radical (unpaired) electrons. The minimum Gasteiger partial charge on any atom is -0.362 e. The zero-order valence-corrected chi connectivity index (χ0v) is 18.2. The van der Waals surface area contributed by atoms with Gasteiger partial charge in [0.05, 0.1) is 22.8 Å². The van der Waals surface area contributed by atoms with Crippen LogP contribution < -0.4 is 11.0 Å². The number of benzene rings is 2. The topological polar surface area (TPSA) is 64.7 Å². The molecular formula is C24H27N5O. The molecule has 1 aliphatic rings. The number of rotatable bonds is 4. The Morgan fingerprint density at radius 1 is 1.03 bits per heavy atom. The van der Waals surface area contributed by atoms with E-state index in [1.165, 1.54) is 29.5 Å². The molecule has 154 valence electrons. The molecule has 1 N–H and O–H groups in total. The number of fused-ring (bicyclic) bond motifs is 2. The highest BCUT2D eigenvalue weighted by Crippen LogP contribution is 2.43. The van der Waals surface area contributed by atoms with Crippen LogP contribution in [0.5, 0.6) is 0 Å². The summed E-state index contributed by atoms with van der Waals surface area (Å²) in [5.74, 6) is 1.47. The monoisotopic (exact) mass is 401 g/mol. The lowest BCUT2D eigenvalue weighted by atomic mass is 9.95. The van der Waals surface area contributed by atoms with Gasteiger partial charge in [0.15, 0.2) is 5.82 Å². The molecule has 6 nitrogen and oxygen atoms in total. The third kappa shape index (κ3) is 2.82. The van der Waals surface area contributed by atoms with Crippen LogP contribution >= 0.6 is 0 Å². The molecule has 6 heteroatoms. The summed E-state index contributed by atoms with van der Waals surface area (Å²) in [6.07, 6.45) is 2.60. The molecule has 0 bridgehead atoms. The summed E-state index contributed by atoms with van der Waals surface area (Å²) in [7, 11) is 3.61. The summed E-state index contributed by atoms with van der Waals surface area (Å²) >= 11 is 0. The van der Waals surface area contributed by atoms with Crippen molar-refractivity contribution >= 4 is 27.6 Å². The maximum atomic E-state index is 12.4. The van der Waals surface area contributed by atoms with E-state index in [1.807, 2.05) is 13.0 Å². The van der Waals surface area contributed by atoms with Gasteiger partial charge in [0.1, 0.15) is 0 Å². The molecule has 5 rings (SSSR count). The Hall–Kier alpha value is -3.15. The molecule has 2 aromatic carbocycles. The molecule has 0 unspecified atom stereocenters. The van der Waals surface area contributed by atoms with Gasteiger partial charge in [-0.15, -0.1) is 5.10 Å². The second kappa shape index (κ2) is 6.69. The maximum Gasteiger partial charge on any atom is 0.328 e. The van der Waals surface area contributed by atoms with E-state index < -0.39 is 0 Å². The van der Waals surface area contributed by atoms with Gasteiger partial charge >= 0.3 is 5.69 Å². The van der Waals surface area contributed by atoms with Gasteiger partial charge in [-0.05, 0) is 68.4 Å². The van der Waals surface area contributed by atoms with Gasteiger partial charge in [0.2, 0.25) is 0 Å². The molecule has 30 heavy (non-hydrogen) atoms. The predicted molar refractivity (Wildman–Crippen MR) is 121 cm³/mol. The van der Waals surface area contributed by atoms with Crippen LogP contribution in [0.2, 0.25) is 0 Å². The van der Waals surface area contributed by atoms with Crippen molar-refractivity contribution < 1.29 is 0 Å². The van der Waals surface area contributed by atoms with E-state index in [2.05, 4.69) is 53.6 Å². The zero-order chi connectivity index (χ0) is 21.2. The van der Waals surface area contributed by atoms with E-state index in [0.29, 0.717) is 0 Å². The van der Waals surface area contributed by atoms with Crippen molar-refractivity contribution in [2.75, 3.05) is 5.32 Å². The van der Waals surface area contributed by atoms with Crippen LogP contribution in [0, 0.1) is 13.8 Å². The molecule has 0 amide bonds. The number of anilines is 1. The SMILES string of the molecule is Cc1c(C2CC2)cccc1[C@@H](C)Nc1nnc(C)c2cc3c(cc12)n(C)c(=O)n3C. The fraction of sp³-hybridized carbons (Fsp3) is 0.375. The van der Waals surface area contributed by atoms with Gasteiger partial charge in [-0.2, -0.15) is 5.10 Å². The zero-order valence-electron chi connectivity index (χ0n) is 18.2. The molecule has 4 aromatic rings. The Bertz CT molecular complexity index is 1360. The first-order valence-electron chi connectivity index (χ1n) is 10.5. The molecule has 1 aliphatic carbocycles. The summed E-state index contributed by atoms with van der Waals surface area (Å²) in [6.45, 7) is 6.35. The molecule has 0 spiro atoms. The van der Waals surface area contributed by atoms with E-state index in [-0.39, 0.29) is 11.7 Å². The molecule has 0 aliphatic heterocycles. The summed E-state index contributed by atoms with van der Waals surface area (Å²) in [4.78, 5) is 12.4. The van der Waals surface area contributed by atoms with Crippen LogP contribution in [0.15, 0.2) is 35.1 Å². The van der Waals surface area contributed by atoms with Crippen LogP contribution in [0.3, 0.4) is 0 Å². The van der Waals surface area contributed by atoms with Gasteiger partial charge in [0, 0.05) is 24.9 Å². The van der Waals surface area contributed by atoms with E-state index in [4.69, 9.17) is 0 Å². The minimum absolute atomic E-state index is 0.0331. The van der Waals surface area contributed by atoms with Gasteiger partial charge < -0.3 is 5.32 Å². The standard InChI is InChI=1S/C24H27N5O/c1-13-17(7-6-8-18(13)16-9-10-16)14(2)25-23-20-12-22-21(28(4)24(30)29(22)5)11-19(20)15(3)26-27-23/h6-8,11-12,14,16H,9-10H2,1-5H3,(H,25,27)/t14-/m1/s1. The molecule has 2 heterocycles. The summed E-state index contributed by atoms with van der Waals surface area (Å²) in [5, 5.41) is 14.5. The Morgan fingerprint density at radius 2 is 1.70 bits per heavy atom. The minimum atomic E-state index is -0.0331. The summed E-state index contributed by atoms with van der Waals surface area (Å²) < 4.78 is 3.36. The second-order valence-corrected chi connectivity index (χ2v) is 8.62. The Morgan fingerprint density at radius 3 is 2.37 bits per heavy atom. The Balaban J connectivity index is 1.62. The van der Waals surface area contributed by atoms with Crippen molar-refractivity contribution in [1.29, 1.82) is 0 Å². The van der Waals surface area contributed by atoms with Gasteiger partial charge in [-0.3, -0.25) is 9.13 Å². The number of aromatic nitrogens is 4. The number of hydrogen-bond donors (Lipinski definition) is 1. The van der Waals surface area contributed by atoms with Crippen LogP contribution in [-0.2, 0) is 14.1 Å². The van der Waals surface area contributed by atoms with Gasteiger partial charge in [-0.1, -0.05) is 18.2 Å². The van der Waals surface area contributed by atoms with Crippen LogP contribution in [0.4, 0.5) is 5.82 Å². The third-order valence-corrected chi connectivity index (χ3v) is 6.61. The first kappa shape index (κ1) is 18.9. The number of hydrogen-bond acceptors (Lipinski definition) is 4. The fourth-order valence-corrected chi connectivity index (χ4v) is 4.64. The van der Waals surface area contributed by atoms with Gasteiger partial charge in [0.25, 0.3) is 0 Å². The average molecular weight is 402 g/mol.